The van der Waals surface area contributed by atoms with Crippen LogP contribution in [-0.4, -0.2) is 16.2 Å². The highest BCUT2D eigenvalue weighted by atomic mass is 16.5. The summed E-state index contributed by atoms with van der Waals surface area (Å²) in [6, 6.07) is 7.39. The number of aryl methyl sites for hydroxylation is 1. The zero-order valence-corrected chi connectivity index (χ0v) is 12.0. The van der Waals surface area contributed by atoms with Crippen LogP contribution in [-0.2, 0) is 13.1 Å². The predicted molar refractivity (Wildman–Crippen MR) is 81.9 cm³/mol. The number of aromatic nitrogens is 2. The highest BCUT2D eigenvalue weighted by molar-refractivity contribution is 5.27. The fourth-order valence-corrected chi connectivity index (χ4v) is 2.00. The highest BCUT2D eigenvalue weighted by Crippen LogP contribution is 2.11. The second kappa shape index (κ2) is 6.74. The molecular weight excluding hydrogens is 268 g/mol. The molecule has 110 valence electrons. The minimum Gasteiger partial charge on any atom is -0.497 e. The Balaban J connectivity index is 2.24. The van der Waals surface area contributed by atoms with Gasteiger partial charge in [0.1, 0.15) is 5.75 Å². The van der Waals surface area contributed by atoms with Gasteiger partial charge in [-0.2, -0.15) is 0 Å². The molecule has 0 atom stereocenters. The lowest BCUT2D eigenvalue weighted by atomic mass is 10.2. The zero-order chi connectivity index (χ0) is 15.2. The molecule has 0 amide bonds. The monoisotopic (exact) mass is 286 g/mol. The molecule has 5 heteroatoms. The number of hydrogen-bond donors (Lipinski definition) is 0. The number of methoxy groups -OCH3 is 1. The Hall–Kier alpha value is -2.56. The Morgan fingerprint density at radius 2 is 1.71 bits per heavy atom. The topological polar surface area (TPSA) is 53.2 Å². The summed E-state index contributed by atoms with van der Waals surface area (Å²) in [6.07, 6.45) is 5.64. The summed E-state index contributed by atoms with van der Waals surface area (Å²) in [6.45, 7) is 4.44. The highest BCUT2D eigenvalue weighted by Gasteiger charge is 2.05. The molecule has 0 saturated carbocycles. The van der Waals surface area contributed by atoms with E-state index in [1.165, 1.54) is 9.13 Å². The second-order valence-electron chi connectivity index (χ2n) is 4.66. The van der Waals surface area contributed by atoms with Crippen LogP contribution in [0.15, 0.2) is 58.9 Å². The van der Waals surface area contributed by atoms with Crippen LogP contribution in [0, 0.1) is 0 Å². The Kier molecular flexibility index (Phi) is 4.77. The average Bonchev–Trinajstić information content (AvgIpc) is 2.52. The molecule has 0 aliphatic carbocycles. The number of allylic oxidation sites excluding steroid dienone is 1. The van der Waals surface area contributed by atoms with Crippen LogP contribution in [0.2, 0.25) is 0 Å². The van der Waals surface area contributed by atoms with E-state index in [1.54, 1.807) is 25.6 Å². The van der Waals surface area contributed by atoms with Crippen LogP contribution in [0.25, 0.3) is 0 Å². The first-order valence-corrected chi connectivity index (χ1v) is 6.69. The molecule has 1 aromatic heterocycles. The van der Waals surface area contributed by atoms with Gasteiger partial charge in [0.15, 0.2) is 0 Å². The quantitative estimate of drug-likeness (QED) is 0.599. The third-order valence-corrected chi connectivity index (χ3v) is 3.22. The van der Waals surface area contributed by atoms with Gasteiger partial charge in [-0.1, -0.05) is 18.2 Å². The Morgan fingerprint density at radius 1 is 1.10 bits per heavy atom. The molecule has 1 heterocycles. The third kappa shape index (κ3) is 3.51. The summed E-state index contributed by atoms with van der Waals surface area (Å²) in [5.74, 6) is 0.755. The summed E-state index contributed by atoms with van der Waals surface area (Å²) >= 11 is 0. The van der Waals surface area contributed by atoms with E-state index in [0.717, 1.165) is 11.3 Å². The van der Waals surface area contributed by atoms with E-state index in [0.29, 0.717) is 19.5 Å². The maximum atomic E-state index is 12.1. The smallest absolute Gasteiger partial charge is 0.316 e. The summed E-state index contributed by atoms with van der Waals surface area (Å²) in [7, 11) is 1.60. The van der Waals surface area contributed by atoms with E-state index < -0.39 is 11.1 Å². The van der Waals surface area contributed by atoms with Crippen LogP contribution in [0.3, 0.4) is 0 Å². The summed E-state index contributed by atoms with van der Waals surface area (Å²) in [5, 5.41) is 0. The van der Waals surface area contributed by atoms with Crippen molar-refractivity contribution in [3.8, 4) is 5.75 Å². The summed E-state index contributed by atoms with van der Waals surface area (Å²) in [4.78, 5) is 24.0. The average molecular weight is 286 g/mol. The van der Waals surface area contributed by atoms with Crippen LogP contribution in [0.5, 0.6) is 5.75 Å². The first-order chi connectivity index (χ1) is 10.2. The van der Waals surface area contributed by atoms with E-state index >= 15 is 0 Å². The van der Waals surface area contributed by atoms with E-state index in [1.807, 2.05) is 24.3 Å². The van der Waals surface area contributed by atoms with E-state index in [4.69, 9.17) is 4.74 Å². The molecule has 2 aromatic rings. The number of rotatable bonds is 6. The van der Waals surface area contributed by atoms with Gasteiger partial charge in [-0.05, 0) is 24.1 Å². The van der Waals surface area contributed by atoms with Gasteiger partial charge in [-0.3, -0.25) is 9.59 Å². The maximum Gasteiger partial charge on any atom is 0.316 e. The second-order valence-corrected chi connectivity index (χ2v) is 4.66. The van der Waals surface area contributed by atoms with Crippen molar-refractivity contribution in [3.63, 3.8) is 0 Å². The molecule has 0 bridgehead atoms. The van der Waals surface area contributed by atoms with Crippen LogP contribution < -0.4 is 15.9 Å². The Labute approximate surface area is 122 Å². The van der Waals surface area contributed by atoms with E-state index in [9.17, 15) is 9.59 Å². The van der Waals surface area contributed by atoms with Crippen molar-refractivity contribution in [2.45, 2.75) is 19.5 Å². The minimum absolute atomic E-state index is 0.361. The lowest BCUT2D eigenvalue weighted by Crippen LogP contribution is -2.40. The molecule has 0 unspecified atom stereocenters. The fraction of sp³-hybridized carbons (Fsp3) is 0.250. The van der Waals surface area contributed by atoms with E-state index in [-0.39, 0.29) is 0 Å². The van der Waals surface area contributed by atoms with Crippen molar-refractivity contribution in [3.05, 3.63) is 75.6 Å². The van der Waals surface area contributed by atoms with Gasteiger partial charge in [0.2, 0.25) is 0 Å². The van der Waals surface area contributed by atoms with Crippen molar-refractivity contribution >= 4 is 0 Å². The van der Waals surface area contributed by atoms with Crippen molar-refractivity contribution in [1.82, 2.24) is 9.13 Å². The van der Waals surface area contributed by atoms with Gasteiger partial charge in [-0.25, -0.2) is 0 Å². The fourth-order valence-electron chi connectivity index (χ4n) is 2.00. The number of ether oxygens (including phenoxy) is 1. The lowest BCUT2D eigenvalue weighted by molar-refractivity contribution is 0.414. The molecule has 0 N–H and O–H groups in total. The van der Waals surface area contributed by atoms with Gasteiger partial charge in [-0.15, -0.1) is 6.58 Å². The molecule has 0 saturated heterocycles. The summed E-state index contributed by atoms with van der Waals surface area (Å²) < 4.78 is 7.91. The number of hydrogen-bond acceptors (Lipinski definition) is 3. The molecule has 0 aliphatic rings. The van der Waals surface area contributed by atoms with Gasteiger partial charge in [0.25, 0.3) is 0 Å². The molecule has 0 radical (unpaired) electrons. The first-order valence-electron chi connectivity index (χ1n) is 6.69. The molecular formula is C16H18N2O3. The van der Waals surface area contributed by atoms with Crippen molar-refractivity contribution in [2.24, 2.45) is 0 Å². The Morgan fingerprint density at radius 3 is 2.33 bits per heavy atom. The summed E-state index contributed by atoms with van der Waals surface area (Å²) in [5.41, 5.74) is -0.0913. The lowest BCUT2D eigenvalue weighted by Gasteiger charge is -2.09. The van der Waals surface area contributed by atoms with Crippen LogP contribution in [0.4, 0.5) is 0 Å². The Bertz CT molecular complexity index is 726. The van der Waals surface area contributed by atoms with Gasteiger partial charge in [0.05, 0.1) is 13.7 Å². The van der Waals surface area contributed by atoms with Crippen molar-refractivity contribution in [2.75, 3.05) is 7.11 Å². The molecule has 0 fully saturated rings. The van der Waals surface area contributed by atoms with Crippen LogP contribution in [0.1, 0.15) is 12.0 Å². The third-order valence-electron chi connectivity index (χ3n) is 3.22. The van der Waals surface area contributed by atoms with Crippen molar-refractivity contribution in [1.29, 1.82) is 0 Å². The molecule has 1 aromatic carbocycles. The molecule has 5 nitrogen and oxygen atoms in total. The molecule has 21 heavy (non-hydrogen) atoms. The number of nitrogens with zero attached hydrogens (tertiary/aromatic N) is 2. The van der Waals surface area contributed by atoms with Gasteiger partial charge in [0, 0.05) is 18.9 Å². The zero-order valence-electron chi connectivity index (χ0n) is 12.0. The molecule has 0 spiro atoms. The largest absolute Gasteiger partial charge is 0.497 e. The first kappa shape index (κ1) is 14.8. The van der Waals surface area contributed by atoms with Gasteiger partial charge >= 0.3 is 11.1 Å². The van der Waals surface area contributed by atoms with Crippen molar-refractivity contribution < 1.29 is 4.74 Å². The minimum atomic E-state index is -0.516. The van der Waals surface area contributed by atoms with E-state index in [2.05, 4.69) is 6.58 Å². The van der Waals surface area contributed by atoms with Crippen LogP contribution >= 0.6 is 0 Å². The molecule has 0 aliphatic heterocycles. The standard InChI is InChI=1S/C16H18N2O3/c1-3-4-9-17-10-11-18(16(20)15(17)19)12-13-5-7-14(21-2)8-6-13/h3,5-8,10-11H,1,4,9,12H2,2H3. The maximum absolute atomic E-state index is 12.1. The normalized spacial score (nSPS) is 10.3. The predicted octanol–water partition coefficient (Wildman–Crippen LogP) is 1.64. The number of benzene rings is 1. The van der Waals surface area contributed by atoms with Gasteiger partial charge < -0.3 is 13.9 Å². The molecule has 2 rings (SSSR count). The SMILES string of the molecule is C=CCCn1ccn(Cc2ccc(OC)cc2)c(=O)c1=O.